The van der Waals surface area contributed by atoms with Crippen molar-refractivity contribution in [3.8, 4) is 11.5 Å². The van der Waals surface area contributed by atoms with E-state index in [1.54, 1.807) is 13.2 Å². The van der Waals surface area contributed by atoms with Crippen LogP contribution >= 0.6 is 15.9 Å². The average molecular weight is 340 g/mol. The van der Waals surface area contributed by atoms with Crippen molar-refractivity contribution < 1.29 is 14.6 Å². The topological polar surface area (TPSA) is 50.7 Å². The Morgan fingerprint density at radius 3 is 3.20 bits per heavy atom. The number of methoxy groups -OCH3 is 1. The molecule has 2 aliphatic heterocycles. The number of nitrogens with one attached hydrogen (secondary N) is 1. The Morgan fingerprint density at radius 1 is 1.70 bits per heavy atom. The van der Waals surface area contributed by atoms with Crippen LogP contribution in [0.5, 0.6) is 11.5 Å². The molecule has 3 atom stereocenters. The number of rotatable bonds is 4. The lowest BCUT2D eigenvalue weighted by Crippen LogP contribution is -2.37. The van der Waals surface area contributed by atoms with Gasteiger partial charge in [-0.05, 0) is 24.6 Å². The lowest BCUT2D eigenvalue weighted by molar-refractivity contribution is 0.111. The SMILES string of the molecule is C=C[C@H](O)CC1Oc2c(OC)cc(Br)c3c2C1NCC3. The van der Waals surface area contributed by atoms with Crippen LogP contribution in [0.2, 0.25) is 0 Å². The molecule has 3 rings (SSSR count). The van der Waals surface area contributed by atoms with Gasteiger partial charge in [-0.1, -0.05) is 22.0 Å². The van der Waals surface area contributed by atoms with E-state index in [-0.39, 0.29) is 12.1 Å². The average Bonchev–Trinajstić information content (AvgIpc) is 2.82. The Morgan fingerprint density at radius 2 is 2.50 bits per heavy atom. The molecule has 5 heteroatoms. The van der Waals surface area contributed by atoms with Crippen molar-refractivity contribution in [2.45, 2.75) is 31.1 Å². The zero-order valence-corrected chi connectivity index (χ0v) is 12.9. The van der Waals surface area contributed by atoms with Gasteiger partial charge in [-0.15, -0.1) is 6.58 Å². The summed E-state index contributed by atoms with van der Waals surface area (Å²) in [5, 5.41) is 13.3. The van der Waals surface area contributed by atoms with Crippen LogP contribution in [0.3, 0.4) is 0 Å². The molecule has 0 radical (unpaired) electrons. The summed E-state index contributed by atoms with van der Waals surface area (Å²) >= 11 is 3.62. The molecule has 0 spiro atoms. The van der Waals surface area contributed by atoms with E-state index in [0.29, 0.717) is 6.42 Å². The molecular formula is C15H18BrNO3. The number of hydrogen-bond donors (Lipinski definition) is 2. The molecule has 20 heavy (non-hydrogen) atoms. The molecule has 0 fully saturated rings. The zero-order chi connectivity index (χ0) is 14.3. The molecule has 0 aliphatic carbocycles. The molecule has 0 saturated carbocycles. The van der Waals surface area contributed by atoms with Crippen LogP contribution in [-0.4, -0.2) is 31.0 Å². The molecule has 1 aromatic rings. The number of hydrogen-bond acceptors (Lipinski definition) is 4. The highest BCUT2D eigenvalue weighted by Gasteiger charge is 2.41. The summed E-state index contributed by atoms with van der Waals surface area (Å²) in [6.45, 7) is 4.53. The van der Waals surface area contributed by atoms with Crippen molar-refractivity contribution in [1.29, 1.82) is 0 Å². The molecule has 108 valence electrons. The Labute approximate surface area is 126 Å². The Balaban J connectivity index is 2.02. The van der Waals surface area contributed by atoms with Gasteiger partial charge < -0.3 is 19.9 Å². The molecule has 0 saturated heterocycles. The third-order valence-corrected chi connectivity index (χ3v) is 4.70. The summed E-state index contributed by atoms with van der Waals surface area (Å²) in [4.78, 5) is 0. The van der Waals surface area contributed by atoms with Gasteiger partial charge in [-0.2, -0.15) is 0 Å². The van der Waals surface area contributed by atoms with Gasteiger partial charge >= 0.3 is 0 Å². The fourth-order valence-electron chi connectivity index (χ4n) is 3.03. The fourth-order valence-corrected chi connectivity index (χ4v) is 3.65. The number of aliphatic hydroxyl groups is 1. The maximum Gasteiger partial charge on any atom is 0.166 e. The van der Waals surface area contributed by atoms with Gasteiger partial charge in [0.2, 0.25) is 0 Å². The first kappa shape index (κ1) is 13.9. The van der Waals surface area contributed by atoms with E-state index in [9.17, 15) is 5.11 Å². The zero-order valence-electron chi connectivity index (χ0n) is 11.4. The molecule has 2 heterocycles. The van der Waals surface area contributed by atoms with Crippen molar-refractivity contribution >= 4 is 15.9 Å². The second-order valence-electron chi connectivity index (χ2n) is 5.16. The van der Waals surface area contributed by atoms with E-state index in [0.717, 1.165) is 28.9 Å². The predicted octanol–water partition coefficient (Wildman–Crippen LogP) is 2.34. The second kappa shape index (κ2) is 5.39. The van der Waals surface area contributed by atoms with Gasteiger partial charge in [0.05, 0.1) is 19.3 Å². The van der Waals surface area contributed by atoms with Gasteiger partial charge in [0.15, 0.2) is 11.5 Å². The summed E-state index contributed by atoms with van der Waals surface area (Å²) < 4.78 is 12.6. The van der Waals surface area contributed by atoms with Gasteiger partial charge in [0.25, 0.3) is 0 Å². The highest BCUT2D eigenvalue weighted by atomic mass is 79.9. The molecule has 1 aromatic carbocycles. The molecule has 2 unspecified atom stereocenters. The quantitative estimate of drug-likeness (QED) is 0.826. The highest BCUT2D eigenvalue weighted by Crippen LogP contribution is 2.50. The summed E-state index contributed by atoms with van der Waals surface area (Å²) in [7, 11) is 1.64. The van der Waals surface area contributed by atoms with E-state index in [1.165, 1.54) is 11.1 Å². The highest BCUT2D eigenvalue weighted by molar-refractivity contribution is 9.10. The Hall–Kier alpha value is -1.04. The maximum atomic E-state index is 9.81. The minimum absolute atomic E-state index is 0.0970. The summed E-state index contributed by atoms with van der Waals surface area (Å²) in [5.74, 6) is 1.55. The van der Waals surface area contributed by atoms with Crippen LogP contribution in [0.25, 0.3) is 0 Å². The van der Waals surface area contributed by atoms with Crippen LogP contribution in [0.1, 0.15) is 23.6 Å². The van der Waals surface area contributed by atoms with Crippen LogP contribution in [0, 0.1) is 0 Å². The van der Waals surface area contributed by atoms with Crippen molar-refractivity contribution in [3.63, 3.8) is 0 Å². The van der Waals surface area contributed by atoms with Crippen molar-refractivity contribution in [1.82, 2.24) is 5.32 Å². The summed E-state index contributed by atoms with van der Waals surface area (Å²) in [6, 6.07) is 2.07. The third kappa shape index (κ3) is 2.14. The molecular weight excluding hydrogens is 322 g/mol. The molecule has 0 aromatic heterocycles. The number of aliphatic hydroxyl groups excluding tert-OH is 1. The van der Waals surface area contributed by atoms with E-state index in [4.69, 9.17) is 9.47 Å². The van der Waals surface area contributed by atoms with Gasteiger partial charge in [-0.25, -0.2) is 0 Å². The van der Waals surface area contributed by atoms with Crippen LogP contribution in [-0.2, 0) is 6.42 Å². The summed E-state index contributed by atoms with van der Waals surface area (Å²) in [5.41, 5.74) is 2.45. The molecule has 0 amide bonds. The van der Waals surface area contributed by atoms with E-state index in [1.807, 2.05) is 6.07 Å². The monoisotopic (exact) mass is 339 g/mol. The van der Waals surface area contributed by atoms with Crippen molar-refractivity contribution in [2.75, 3.05) is 13.7 Å². The first-order valence-electron chi connectivity index (χ1n) is 6.75. The fraction of sp³-hybridized carbons (Fsp3) is 0.467. The third-order valence-electron chi connectivity index (χ3n) is 4.00. The minimum Gasteiger partial charge on any atom is -0.493 e. The second-order valence-corrected chi connectivity index (χ2v) is 6.01. The van der Waals surface area contributed by atoms with Crippen LogP contribution in [0.4, 0.5) is 0 Å². The maximum absolute atomic E-state index is 9.81. The molecule has 0 bridgehead atoms. The first-order valence-corrected chi connectivity index (χ1v) is 7.55. The van der Waals surface area contributed by atoms with Gasteiger partial charge in [-0.3, -0.25) is 0 Å². The van der Waals surface area contributed by atoms with E-state index >= 15 is 0 Å². The van der Waals surface area contributed by atoms with Crippen molar-refractivity contribution in [3.05, 3.63) is 34.3 Å². The first-order chi connectivity index (χ1) is 9.65. The Kier molecular flexibility index (Phi) is 3.75. The van der Waals surface area contributed by atoms with Crippen LogP contribution in [0.15, 0.2) is 23.2 Å². The lowest BCUT2D eigenvalue weighted by Gasteiger charge is -2.26. The van der Waals surface area contributed by atoms with Gasteiger partial charge in [0.1, 0.15) is 6.10 Å². The minimum atomic E-state index is -0.559. The van der Waals surface area contributed by atoms with E-state index in [2.05, 4.69) is 27.8 Å². The molecule has 4 nitrogen and oxygen atoms in total. The van der Waals surface area contributed by atoms with E-state index < -0.39 is 6.10 Å². The smallest absolute Gasteiger partial charge is 0.166 e. The Bertz CT molecular complexity index is 546. The summed E-state index contributed by atoms with van der Waals surface area (Å²) in [6.07, 6.45) is 2.37. The number of halogens is 1. The predicted molar refractivity (Wildman–Crippen MR) is 80.4 cm³/mol. The van der Waals surface area contributed by atoms with Gasteiger partial charge in [0, 0.05) is 16.5 Å². The number of ether oxygens (including phenoxy) is 2. The lowest BCUT2D eigenvalue weighted by atomic mass is 9.90. The molecule has 2 aliphatic rings. The number of benzene rings is 1. The molecule has 2 N–H and O–H groups in total. The van der Waals surface area contributed by atoms with Crippen molar-refractivity contribution in [2.24, 2.45) is 0 Å². The largest absolute Gasteiger partial charge is 0.493 e. The standard InChI is InChI=1S/C15H18BrNO3/c1-3-8(18)6-11-14-13-9(4-5-17-14)10(16)7-12(19-2)15(13)20-11/h3,7-8,11,14,17-18H,1,4-6H2,2H3/t8-,11?,14?/m0/s1. The van der Waals surface area contributed by atoms with Crippen LogP contribution < -0.4 is 14.8 Å². The normalized spacial score (nSPS) is 24.8.